The highest BCUT2D eigenvalue weighted by Gasteiger charge is 2.34. The summed E-state index contributed by atoms with van der Waals surface area (Å²) in [7, 11) is 0. The molecule has 118 valence electrons. The van der Waals surface area contributed by atoms with Crippen LogP contribution in [-0.2, 0) is 17.5 Å². The Hall–Kier alpha value is -1.63. The van der Waals surface area contributed by atoms with Gasteiger partial charge in [-0.15, -0.1) is 0 Å². The van der Waals surface area contributed by atoms with Crippen molar-refractivity contribution in [2.75, 3.05) is 6.54 Å². The van der Waals surface area contributed by atoms with Gasteiger partial charge in [0.05, 0.1) is 12.0 Å². The van der Waals surface area contributed by atoms with Gasteiger partial charge < -0.3 is 5.11 Å². The molecule has 0 spiro atoms. The van der Waals surface area contributed by atoms with E-state index in [2.05, 4.69) is 0 Å². The molecule has 0 aromatic heterocycles. The molecule has 1 N–H and O–H groups in total. The molecule has 3 nitrogen and oxygen atoms in total. The van der Waals surface area contributed by atoms with Gasteiger partial charge in [-0.05, 0) is 31.2 Å². The lowest BCUT2D eigenvalue weighted by Crippen LogP contribution is -2.34. The van der Waals surface area contributed by atoms with Crippen LogP contribution in [0.4, 0.5) is 17.6 Å². The van der Waals surface area contributed by atoms with E-state index < -0.39 is 29.6 Å². The number of benzene rings is 1. The highest BCUT2D eigenvalue weighted by atomic mass is 19.4. The molecule has 0 radical (unpaired) electrons. The average Bonchev–Trinajstić information content (AvgIpc) is 2.35. The minimum Gasteiger partial charge on any atom is -0.481 e. The molecule has 0 amide bonds. The lowest BCUT2D eigenvalue weighted by atomic mass is 10.0. The second kappa shape index (κ2) is 6.89. The molecule has 0 bridgehead atoms. The number of carboxylic acid groups (broad SMARTS) is 1. The van der Waals surface area contributed by atoms with E-state index >= 15 is 0 Å². The molecule has 1 atom stereocenters. The van der Waals surface area contributed by atoms with Gasteiger partial charge in [-0.1, -0.05) is 13.0 Å². The minimum absolute atomic E-state index is 0.0667. The van der Waals surface area contributed by atoms with E-state index in [1.807, 2.05) is 0 Å². The third kappa shape index (κ3) is 5.00. The van der Waals surface area contributed by atoms with Gasteiger partial charge in [0.15, 0.2) is 0 Å². The van der Waals surface area contributed by atoms with Crippen LogP contribution in [0.3, 0.4) is 0 Å². The monoisotopic (exact) mass is 307 g/mol. The molecule has 1 unspecified atom stereocenters. The Morgan fingerprint density at radius 1 is 1.38 bits per heavy atom. The van der Waals surface area contributed by atoms with E-state index in [1.165, 1.54) is 0 Å². The predicted molar refractivity (Wildman–Crippen MR) is 69.2 cm³/mol. The smallest absolute Gasteiger partial charge is 0.416 e. The van der Waals surface area contributed by atoms with Gasteiger partial charge in [0.1, 0.15) is 5.82 Å². The van der Waals surface area contributed by atoms with Crippen LogP contribution in [-0.4, -0.2) is 28.6 Å². The first-order valence-electron chi connectivity index (χ1n) is 6.46. The van der Waals surface area contributed by atoms with Crippen molar-refractivity contribution in [2.45, 2.75) is 39.0 Å². The number of carbonyl (C=O) groups is 1. The molecule has 0 aliphatic carbocycles. The maximum atomic E-state index is 13.0. The molecule has 0 saturated heterocycles. The normalized spacial score (nSPS) is 13.5. The average molecular weight is 307 g/mol. The second-order valence-corrected chi connectivity index (χ2v) is 4.81. The standard InChI is InChI=1S/C14H17F4NO2/c1-3-19(9(2)6-13(20)21)8-10-4-5-11(15)7-12(10)14(16,17)18/h4-5,7,9H,3,6,8H2,1-2H3,(H,20,21). The highest BCUT2D eigenvalue weighted by molar-refractivity contribution is 5.67. The lowest BCUT2D eigenvalue weighted by molar-refractivity contribution is -0.140. The summed E-state index contributed by atoms with van der Waals surface area (Å²) < 4.78 is 51.8. The van der Waals surface area contributed by atoms with Crippen LogP contribution in [0.5, 0.6) is 0 Å². The van der Waals surface area contributed by atoms with E-state index in [0.29, 0.717) is 12.6 Å². The Morgan fingerprint density at radius 3 is 2.48 bits per heavy atom. The number of hydrogen-bond donors (Lipinski definition) is 1. The molecule has 0 saturated carbocycles. The van der Waals surface area contributed by atoms with Crippen molar-refractivity contribution in [3.8, 4) is 0 Å². The number of rotatable bonds is 6. The third-order valence-electron chi connectivity index (χ3n) is 3.25. The molecule has 1 aromatic carbocycles. The molecule has 0 aliphatic heterocycles. The van der Waals surface area contributed by atoms with Gasteiger partial charge in [0.2, 0.25) is 0 Å². The Morgan fingerprint density at radius 2 is 2.00 bits per heavy atom. The van der Waals surface area contributed by atoms with Gasteiger partial charge in [-0.2, -0.15) is 13.2 Å². The topological polar surface area (TPSA) is 40.5 Å². The van der Waals surface area contributed by atoms with E-state index in [4.69, 9.17) is 5.11 Å². The summed E-state index contributed by atoms with van der Waals surface area (Å²) >= 11 is 0. The van der Waals surface area contributed by atoms with Crippen LogP contribution >= 0.6 is 0 Å². The zero-order valence-electron chi connectivity index (χ0n) is 11.7. The van der Waals surface area contributed by atoms with Gasteiger partial charge in [0, 0.05) is 12.6 Å². The number of halogens is 4. The second-order valence-electron chi connectivity index (χ2n) is 4.81. The molecule has 1 rings (SSSR count). The molecule has 0 aliphatic rings. The van der Waals surface area contributed by atoms with Gasteiger partial charge in [0.25, 0.3) is 0 Å². The maximum Gasteiger partial charge on any atom is 0.416 e. The lowest BCUT2D eigenvalue weighted by Gasteiger charge is -2.28. The van der Waals surface area contributed by atoms with Crippen LogP contribution in [0.25, 0.3) is 0 Å². The van der Waals surface area contributed by atoms with Crippen molar-refractivity contribution in [2.24, 2.45) is 0 Å². The minimum atomic E-state index is -4.65. The molecule has 21 heavy (non-hydrogen) atoms. The molecule has 0 heterocycles. The number of nitrogens with zero attached hydrogens (tertiary/aromatic N) is 1. The molecule has 1 aromatic rings. The summed E-state index contributed by atoms with van der Waals surface area (Å²) in [5.41, 5.74) is -1.09. The van der Waals surface area contributed by atoms with Crippen LogP contribution in [0.15, 0.2) is 18.2 Å². The third-order valence-corrected chi connectivity index (χ3v) is 3.25. The number of carboxylic acids is 1. The van der Waals surface area contributed by atoms with Crippen molar-refractivity contribution in [3.05, 3.63) is 35.1 Å². The summed E-state index contributed by atoms with van der Waals surface area (Å²) in [6.07, 6.45) is -4.82. The van der Waals surface area contributed by atoms with Gasteiger partial charge >= 0.3 is 12.1 Å². The molecular formula is C14H17F4NO2. The fourth-order valence-electron chi connectivity index (χ4n) is 2.13. The first kappa shape index (κ1) is 17.4. The Balaban J connectivity index is 3.02. The highest BCUT2D eigenvalue weighted by Crippen LogP contribution is 2.33. The van der Waals surface area contributed by atoms with E-state index in [-0.39, 0.29) is 18.5 Å². The Kier molecular flexibility index (Phi) is 5.71. The Labute approximate surface area is 120 Å². The van der Waals surface area contributed by atoms with E-state index in [1.54, 1.807) is 18.7 Å². The van der Waals surface area contributed by atoms with Gasteiger partial charge in [-0.25, -0.2) is 4.39 Å². The van der Waals surface area contributed by atoms with Crippen LogP contribution in [0.2, 0.25) is 0 Å². The number of alkyl halides is 3. The zero-order chi connectivity index (χ0) is 16.2. The summed E-state index contributed by atoms with van der Waals surface area (Å²) in [5.74, 6) is -1.97. The molecule has 0 fully saturated rings. The number of hydrogen-bond acceptors (Lipinski definition) is 2. The van der Waals surface area contributed by atoms with Crippen molar-refractivity contribution in [3.63, 3.8) is 0 Å². The predicted octanol–water partition coefficient (Wildman–Crippen LogP) is 3.53. The maximum absolute atomic E-state index is 13.0. The van der Waals surface area contributed by atoms with Crippen LogP contribution in [0, 0.1) is 5.82 Å². The summed E-state index contributed by atoms with van der Waals surface area (Å²) in [5, 5.41) is 8.76. The van der Waals surface area contributed by atoms with Crippen LogP contribution in [0.1, 0.15) is 31.4 Å². The molecular weight excluding hydrogens is 290 g/mol. The van der Waals surface area contributed by atoms with Crippen molar-refractivity contribution in [1.29, 1.82) is 0 Å². The first-order valence-corrected chi connectivity index (χ1v) is 6.46. The first-order chi connectivity index (χ1) is 9.65. The Bertz CT molecular complexity index is 502. The summed E-state index contributed by atoms with van der Waals surface area (Å²) in [4.78, 5) is 12.3. The van der Waals surface area contributed by atoms with Crippen molar-refractivity contribution >= 4 is 5.97 Å². The quantitative estimate of drug-likeness (QED) is 0.817. The fourth-order valence-corrected chi connectivity index (χ4v) is 2.13. The van der Waals surface area contributed by atoms with E-state index in [0.717, 1.165) is 12.1 Å². The van der Waals surface area contributed by atoms with Crippen LogP contribution < -0.4 is 0 Å². The fraction of sp³-hybridized carbons (Fsp3) is 0.500. The van der Waals surface area contributed by atoms with Crippen molar-refractivity contribution in [1.82, 2.24) is 4.90 Å². The number of aliphatic carboxylic acids is 1. The van der Waals surface area contributed by atoms with Gasteiger partial charge in [-0.3, -0.25) is 9.69 Å². The summed E-state index contributed by atoms with van der Waals surface area (Å²) in [6, 6.07) is 2.11. The summed E-state index contributed by atoms with van der Waals surface area (Å²) in [6.45, 7) is 3.67. The van der Waals surface area contributed by atoms with Crippen molar-refractivity contribution < 1.29 is 27.5 Å². The molecule has 7 heteroatoms. The largest absolute Gasteiger partial charge is 0.481 e. The SMILES string of the molecule is CCN(Cc1ccc(F)cc1C(F)(F)F)C(C)CC(=O)O. The zero-order valence-corrected chi connectivity index (χ0v) is 11.7. The van der Waals surface area contributed by atoms with E-state index in [9.17, 15) is 22.4 Å².